The summed E-state index contributed by atoms with van der Waals surface area (Å²) in [7, 11) is 1.56. The van der Waals surface area contributed by atoms with Gasteiger partial charge < -0.3 is 31.0 Å². The van der Waals surface area contributed by atoms with E-state index in [4.69, 9.17) is 4.74 Å². The first kappa shape index (κ1) is 24.6. The highest BCUT2D eigenvalue weighted by Gasteiger charge is 2.15. The van der Waals surface area contributed by atoms with Gasteiger partial charge in [-0.25, -0.2) is 0 Å². The molecule has 0 saturated heterocycles. The monoisotopic (exact) mass is 381 g/mol. The summed E-state index contributed by atoms with van der Waals surface area (Å²) < 4.78 is 4.85. The number of hydrogen-bond acceptors (Lipinski definition) is 5. The van der Waals surface area contributed by atoms with Gasteiger partial charge in [-0.2, -0.15) is 0 Å². The van der Waals surface area contributed by atoms with Gasteiger partial charge in [0.1, 0.15) is 6.61 Å². The Bertz CT molecular complexity index is 578. The molecule has 1 aromatic rings. The molecule has 0 saturated carbocycles. The molecule has 0 heterocycles. The molecule has 2 amide bonds. The van der Waals surface area contributed by atoms with Crippen molar-refractivity contribution in [3.63, 3.8) is 0 Å². The van der Waals surface area contributed by atoms with Gasteiger partial charge in [0.15, 0.2) is 6.04 Å². The summed E-state index contributed by atoms with van der Waals surface area (Å²) in [6, 6.07) is 8.56. The predicted octanol–water partition coefficient (Wildman–Crippen LogP) is -1.15. The van der Waals surface area contributed by atoms with E-state index in [1.54, 1.807) is 7.11 Å². The second-order valence-electron chi connectivity index (χ2n) is 6.56. The first-order chi connectivity index (χ1) is 12.7. The average Bonchev–Trinajstić information content (AvgIpc) is 2.60. The summed E-state index contributed by atoms with van der Waals surface area (Å²) in [6.45, 7) is 5.95. The third-order valence-electron chi connectivity index (χ3n) is 3.42. The minimum atomic E-state index is -1.22. The van der Waals surface area contributed by atoms with Crippen LogP contribution in [-0.4, -0.2) is 43.6 Å². The predicted molar refractivity (Wildman–Crippen MR) is 98.9 cm³/mol. The Hall–Kier alpha value is -2.45. The van der Waals surface area contributed by atoms with Crippen molar-refractivity contribution in [1.29, 1.82) is 0 Å². The number of carbonyl (C=O) groups is 3. The standard InChI is InChI=1S/C11H16N2O2.C8H15NO3/c1-15-8-10(12)11(14)13-7-9-5-3-2-4-6-9;1-5(2)4-7(8(11)12)9-6(3)10/h2-6,10H,7-8,12H2,1H3,(H,13,14);5,7H,4H2,1-3H3,(H,9,10)(H,11,12)/t10-;7-/m11/s1. The van der Waals surface area contributed by atoms with Gasteiger partial charge in [0.25, 0.3) is 5.91 Å². The summed E-state index contributed by atoms with van der Waals surface area (Å²) in [5.74, 6) is -1.43. The van der Waals surface area contributed by atoms with E-state index in [9.17, 15) is 19.5 Å². The quantitative estimate of drug-likeness (QED) is 0.496. The number of amides is 2. The minimum Gasteiger partial charge on any atom is -0.548 e. The first-order valence-corrected chi connectivity index (χ1v) is 8.78. The normalized spacial score (nSPS) is 12.4. The van der Waals surface area contributed by atoms with Gasteiger partial charge in [-0.3, -0.25) is 9.59 Å². The molecule has 0 aliphatic rings. The van der Waals surface area contributed by atoms with Gasteiger partial charge in [0, 0.05) is 20.6 Å². The van der Waals surface area contributed by atoms with Crippen LogP contribution in [0.25, 0.3) is 0 Å². The van der Waals surface area contributed by atoms with E-state index >= 15 is 0 Å². The van der Waals surface area contributed by atoms with Gasteiger partial charge in [0.2, 0.25) is 5.91 Å². The Morgan fingerprint density at radius 1 is 1.19 bits per heavy atom. The summed E-state index contributed by atoms with van der Waals surface area (Å²) in [6.07, 6.45) is 0.405. The molecule has 0 aromatic heterocycles. The van der Waals surface area contributed by atoms with Gasteiger partial charge in [-0.1, -0.05) is 44.2 Å². The molecular formula is C19H31N3O5. The number of methoxy groups -OCH3 is 1. The molecule has 0 aliphatic carbocycles. The van der Waals surface area contributed by atoms with E-state index in [1.807, 2.05) is 44.2 Å². The number of benzene rings is 1. The molecule has 0 fully saturated rings. The molecule has 5 N–H and O–H groups in total. The van der Waals surface area contributed by atoms with Crippen LogP contribution >= 0.6 is 0 Å². The van der Waals surface area contributed by atoms with Crippen LogP contribution in [0.3, 0.4) is 0 Å². The zero-order chi connectivity index (χ0) is 20.8. The largest absolute Gasteiger partial charge is 0.548 e. The number of rotatable bonds is 9. The molecule has 8 nitrogen and oxygen atoms in total. The highest BCUT2D eigenvalue weighted by molar-refractivity contribution is 5.81. The molecule has 2 atom stereocenters. The third kappa shape index (κ3) is 12.5. The number of carboxylic acids is 1. The Kier molecular flexibility index (Phi) is 12.5. The molecule has 0 radical (unpaired) electrons. The van der Waals surface area contributed by atoms with Crippen molar-refractivity contribution in [2.24, 2.45) is 5.92 Å². The van der Waals surface area contributed by atoms with E-state index in [2.05, 4.69) is 16.4 Å². The van der Waals surface area contributed by atoms with E-state index in [0.717, 1.165) is 5.56 Å². The molecule has 1 aromatic carbocycles. The van der Waals surface area contributed by atoms with Crippen molar-refractivity contribution in [2.45, 2.75) is 45.8 Å². The molecule has 27 heavy (non-hydrogen) atoms. The summed E-state index contributed by atoms with van der Waals surface area (Å²) in [4.78, 5) is 32.4. The Labute approximate surface area is 160 Å². The molecular weight excluding hydrogens is 350 g/mol. The first-order valence-electron chi connectivity index (χ1n) is 8.78. The van der Waals surface area contributed by atoms with Gasteiger partial charge >= 0.3 is 0 Å². The van der Waals surface area contributed by atoms with Crippen LogP contribution in [0.5, 0.6) is 0 Å². The average molecular weight is 381 g/mol. The van der Waals surface area contributed by atoms with Crippen molar-refractivity contribution in [3.8, 4) is 0 Å². The van der Waals surface area contributed by atoms with E-state index < -0.39 is 12.0 Å². The number of aliphatic carboxylic acids is 1. The Morgan fingerprint density at radius 3 is 2.22 bits per heavy atom. The highest BCUT2D eigenvalue weighted by atomic mass is 16.5. The third-order valence-corrected chi connectivity index (χ3v) is 3.42. The summed E-state index contributed by atoms with van der Waals surface area (Å²) >= 11 is 0. The van der Waals surface area contributed by atoms with Crippen molar-refractivity contribution < 1.29 is 30.0 Å². The van der Waals surface area contributed by atoms with Crippen molar-refractivity contribution in [1.82, 2.24) is 10.6 Å². The second kappa shape index (κ2) is 13.7. The maximum absolute atomic E-state index is 11.5. The fourth-order valence-electron chi connectivity index (χ4n) is 2.14. The van der Waals surface area contributed by atoms with Crippen LogP contribution in [0.15, 0.2) is 30.3 Å². The molecule has 0 bridgehead atoms. The highest BCUT2D eigenvalue weighted by Crippen LogP contribution is 2.03. The van der Waals surface area contributed by atoms with Crippen LogP contribution in [-0.2, 0) is 25.7 Å². The van der Waals surface area contributed by atoms with Crippen LogP contribution in [0.4, 0.5) is 0 Å². The van der Waals surface area contributed by atoms with Gasteiger partial charge in [-0.05, 0) is 17.9 Å². The number of quaternary nitrogens is 1. The Balaban J connectivity index is 0.000000516. The summed E-state index contributed by atoms with van der Waals surface area (Å²) in [5.41, 5.74) is 4.78. The topological polar surface area (TPSA) is 135 Å². The van der Waals surface area contributed by atoms with Crippen LogP contribution in [0, 0.1) is 5.92 Å². The van der Waals surface area contributed by atoms with E-state index in [-0.39, 0.29) is 23.8 Å². The number of hydrogen-bond donors (Lipinski definition) is 3. The maximum Gasteiger partial charge on any atom is 0.280 e. The van der Waals surface area contributed by atoms with Crippen molar-refractivity contribution in [2.75, 3.05) is 13.7 Å². The zero-order valence-electron chi connectivity index (χ0n) is 16.5. The molecule has 0 spiro atoms. The smallest absolute Gasteiger partial charge is 0.280 e. The number of carbonyl (C=O) groups excluding carboxylic acids is 3. The lowest BCUT2D eigenvalue weighted by molar-refractivity contribution is -0.409. The van der Waals surface area contributed by atoms with Crippen molar-refractivity contribution >= 4 is 17.8 Å². The lowest BCUT2D eigenvalue weighted by atomic mass is 10.0. The summed E-state index contributed by atoms with van der Waals surface area (Å²) in [5, 5.41) is 15.6. The minimum absolute atomic E-state index is 0.0827. The molecule has 0 unspecified atom stereocenters. The number of nitrogens with one attached hydrogen (secondary N) is 2. The van der Waals surface area contributed by atoms with Crippen LogP contribution in [0.2, 0.25) is 0 Å². The number of ether oxygens (including phenoxy) is 1. The lowest BCUT2D eigenvalue weighted by Crippen LogP contribution is -2.69. The van der Waals surface area contributed by atoms with Gasteiger partial charge in [0.05, 0.1) is 12.0 Å². The van der Waals surface area contributed by atoms with E-state index in [1.165, 1.54) is 6.92 Å². The molecule has 0 aliphatic heterocycles. The van der Waals surface area contributed by atoms with E-state index in [0.29, 0.717) is 19.6 Å². The zero-order valence-corrected chi connectivity index (χ0v) is 16.5. The Morgan fingerprint density at radius 2 is 1.78 bits per heavy atom. The fraction of sp³-hybridized carbons (Fsp3) is 0.526. The van der Waals surface area contributed by atoms with Crippen LogP contribution < -0.4 is 21.5 Å². The molecule has 1 rings (SSSR count). The second-order valence-corrected chi connectivity index (χ2v) is 6.56. The maximum atomic E-state index is 11.5. The lowest BCUT2D eigenvalue weighted by Gasteiger charge is -2.20. The molecule has 152 valence electrons. The van der Waals surface area contributed by atoms with Crippen molar-refractivity contribution in [3.05, 3.63) is 35.9 Å². The fourth-order valence-corrected chi connectivity index (χ4v) is 2.14. The molecule has 8 heteroatoms. The SMILES string of the molecule is CC(=O)N[C@H](CC(C)C)C(=O)[O-].COC[C@@H]([NH3+])C(=O)NCc1ccccc1. The van der Waals surface area contributed by atoms with Gasteiger partial charge in [-0.15, -0.1) is 0 Å². The van der Waals surface area contributed by atoms with Crippen LogP contribution in [0.1, 0.15) is 32.8 Å². The number of carboxylic acid groups (broad SMARTS) is 1.